The molecule has 3 aliphatic carbocycles. The van der Waals surface area contributed by atoms with Gasteiger partial charge in [-0.05, 0) is 30.1 Å². The van der Waals surface area contributed by atoms with E-state index >= 15 is 0 Å². The molecule has 1 aromatic carbocycles. The first-order chi connectivity index (χ1) is 12.0. The van der Waals surface area contributed by atoms with E-state index in [0.717, 1.165) is 17.9 Å². The predicted octanol–water partition coefficient (Wildman–Crippen LogP) is 2.13. The molecule has 1 aliphatic heterocycles. The second-order valence-electron chi connectivity index (χ2n) is 7.31. The summed E-state index contributed by atoms with van der Waals surface area (Å²) in [5, 5.41) is 15.9. The highest BCUT2D eigenvalue weighted by molar-refractivity contribution is 6.07. The number of benzene rings is 1. The van der Waals surface area contributed by atoms with Crippen LogP contribution < -0.4 is 0 Å². The van der Waals surface area contributed by atoms with Crippen LogP contribution in [0.15, 0.2) is 41.5 Å². The lowest BCUT2D eigenvalue weighted by molar-refractivity contribution is -0.384. The topological polar surface area (TPSA) is 92.9 Å². The molecule has 0 aromatic heterocycles. The summed E-state index contributed by atoms with van der Waals surface area (Å²) in [5.41, 5.74) is 0.584. The number of fused-ring (bicyclic) bond motifs is 3. The maximum absolute atomic E-state index is 12.7. The van der Waals surface area contributed by atoms with Gasteiger partial charge in [-0.1, -0.05) is 24.3 Å². The van der Waals surface area contributed by atoms with Gasteiger partial charge < -0.3 is 0 Å². The van der Waals surface area contributed by atoms with Crippen molar-refractivity contribution in [1.29, 1.82) is 0 Å². The molecular formula is C18H15N3O4. The lowest BCUT2D eigenvalue weighted by Gasteiger charge is -2.18. The first kappa shape index (κ1) is 14.5. The fourth-order valence-electron chi connectivity index (χ4n) is 5.02. The Hall–Kier alpha value is -2.83. The smallest absolute Gasteiger partial charge is 0.270 e. The average molecular weight is 337 g/mol. The number of hydrogen-bond donors (Lipinski definition) is 0. The molecule has 7 heteroatoms. The molecule has 7 nitrogen and oxygen atoms in total. The standard InChI is InChI=1S/C18H15N3O4/c22-16-14-12-4-5-13(18(12)6-7-18)15(14)17(23)20(16)19-9-10-2-1-3-11(8-10)21(24)25/h1-5,8-9,12-15H,6-7H2/b19-9-/t12-,13-,14+,15+/m1/s1. The lowest BCUT2D eigenvalue weighted by atomic mass is 9.85. The number of carbonyl (C=O) groups is 2. The van der Waals surface area contributed by atoms with Gasteiger partial charge in [0.05, 0.1) is 23.0 Å². The van der Waals surface area contributed by atoms with E-state index < -0.39 is 4.92 Å². The number of nitro groups is 1. The molecule has 4 atom stereocenters. The molecule has 1 saturated heterocycles. The number of rotatable bonds is 3. The zero-order valence-corrected chi connectivity index (χ0v) is 13.2. The van der Waals surface area contributed by atoms with E-state index in [1.165, 1.54) is 18.3 Å². The molecule has 0 N–H and O–H groups in total. The quantitative estimate of drug-likeness (QED) is 0.278. The minimum Gasteiger partial charge on any atom is -0.272 e. The van der Waals surface area contributed by atoms with Crippen molar-refractivity contribution in [3.63, 3.8) is 0 Å². The number of nitrogens with zero attached hydrogens (tertiary/aromatic N) is 3. The van der Waals surface area contributed by atoms with E-state index in [4.69, 9.17) is 0 Å². The fourth-order valence-corrected chi connectivity index (χ4v) is 5.02. The molecule has 5 rings (SSSR count). The Morgan fingerprint density at radius 3 is 2.36 bits per heavy atom. The van der Waals surface area contributed by atoms with Crippen molar-refractivity contribution >= 4 is 23.7 Å². The maximum atomic E-state index is 12.7. The van der Waals surface area contributed by atoms with Gasteiger partial charge in [0, 0.05) is 17.7 Å². The molecule has 1 heterocycles. The number of allylic oxidation sites excluding steroid dienone is 2. The highest BCUT2D eigenvalue weighted by atomic mass is 16.6. The van der Waals surface area contributed by atoms with Crippen LogP contribution in [0, 0.1) is 39.2 Å². The van der Waals surface area contributed by atoms with Crippen molar-refractivity contribution in [2.24, 2.45) is 34.2 Å². The second-order valence-corrected chi connectivity index (χ2v) is 7.31. The summed E-state index contributed by atoms with van der Waals surface area (Å²) in [4.78, 5) is 35.8. The summed E-state index contributed by atoms with van der Waals surface area (Å²) in [5.74, 6) is -0.715. The van der Waals surface area contributed by atoms with E-state index in [-0.39, 0.29) is 46.6 Å². The van der Waals surface area contributed by atoms with Gasteiger partial charge in [0.25, 0.3) is 17.5 Å². The number of non-ortho nitro benzene ring substituents is 1. The molecule has 4 aliphatic rings. The molecule has 1 aromatic rings. The number of hydrogen-bond acceptors (Lipinski definition) is 5. The highest BCUT2D eigenvalue weighted by Crippen LogP contribution is 2.73. The number of hydrazone groups is 1. The third-order valence-electron chi connectivity index (χ3n) is 6.23. The number of amides is 2. The molecule has 2 bridgehead atoms. The monoisotopic (exact) mass is 337 g/mol. The van der Waals surface area contributed by atoms with Crippen molar-refractivity contribution in [1.82, 2.24) is 5.01 Å². The SMILES string of the molecule is O=C1[C@@H]2[C@@H](C(=O)N1/N=C\c1cccc([N+](=O)[O-])c1)[C@H]1C=C[C@H]2C12CC2. The summed E-state index contributed by atoms with van der Waals surface area (Å²) in [7, 11) is 0. The van der Waals surface area contributed by atoms with Crippen molar-refractivity contribution in [2.45, 2.75) is 12.8 Å². The third kappa shape index (κ3) is 1.78. The Kier molecular flexibility index (Phi) is 2.68. The average Bonchev–Trinajstić information content (AvgIpc) is 3.20. The second kappa shape index (κ2) is 4.62. The molecule has 0 radical (unpaired) electrons. The van der Waals surface area contributed by atoms with Gasteiger partial charge in [-0.3, -0.25) is 19.7 Å². The van der Waals surface area contributed by atoms with Crippen LogP contribution in [0.3, 0.4) is 0 Å². The van der Waals surface area contributed by atoms with E-state index in [2.05, 4.69) is 17.3 Å². The molecule has 0 unspecified atom stereocenters. The van der Waals surface area contributed by atoms with Gasteiger partial charge in [0.1, 0.15) is 0 Å². The predicted molar refractivity (Wildman–Crippen MR) is 87.3 cm³/mol. The lowest BCUT2D eigenvalue weighted by Crippen LogP contribution is -2.30. The maximum Gasteiger partial charge on any atom is 0.270 e. The van der Waals surface area contributed by atoms with Crippen LogP contribution in [0.25, 0.3) is 0 Å². The summed E-state index contributed by atoms with van der Waals surface area (Å²) >= 11 is 0. The van der Waals surface area contributed by atoms with Gasteiger partial charge in [-0.2, -0.15) is 10.1 Å². The van der Waals surface area contributed by atoms with Gasteiger partial charge in [0.15, 0.2) is 0 Å². The molecule has 2 amide bonds. The minimum absolute atomic E-state index is 0.0576. The van der Waals surface area contributed by atoms with Crippen molar-refractivity contribution in [2.75, 3.05) is 0 Å². The van der Waals surface area contributed by atoms with Gasteiger partial charge in [-0.25, -0.2) is 0 Å². The summed E-state index contributed by atoms with van der Waals surface area (Å²) in [6.07, 6.45) is 7.75. The van der Waals surface area contributed by atoms with E-state index in [1.54, 1.807) is 12.1 Å². The molecule has 126 valence electrons. The molecule has 1 spiro atoms. The van der Waals surface area contributed by atoms with Gasteiger partial charge >= 0.3 is 0 Å². The molecule has 3 fully saturated rings. The molecule has 2 saturated carbocycles. The van der Waals surface area contributed by atoms with Crippen LogP contribution in [0.4, 0.5) is 5.69 Å². The van der Waals surface area contributed by atoms with Gasteiger partial charge in [-0.15, -0.1) is 0 Å². The first-order valence-electron chi connectivity index (χ1n) is 8.37. The summed E-state index contributed by atoms with van der Waals surface area (Å²) in [6, 6.07) is 5.93. The molecular weight excluding hydrogens is 322 g/mol. The van der Waals surface area contributed by atoms with E-state index in [1.807, 2.05) is 0 Å². The van der Waals surface area contributed by atoms with E-state index in [9.17, 15) is 19.7 Å². The minimum atomic E-state index is -0.494. The Labute approximate surface area is 143 Å². The summed E-state index contributed by atoms with van der Waals surface area (Å²) < 4.78 is 0. The normalized spacial score (nSPS) is 33.7. The van der Waals surface area contributed by atoms with Crippen molar-refractivity contribution in [3.8, 4) is 0 Å². The highest BCUT2D eigenvalue weighted by Gasteiger charge is 2.73. The Morgan fingerprint density at radius 2 is 1.80 bits per heavy atom. The van der Waals surface area contributed by atoms with Crippen LogP contribution in [-0.2, 0) is 9.59 Å². The molecule has 25 heavy (non-hydrogen) atoms. The van der Waals surface area contributed by atoms with Crippen molar-refractivity contribution < 1.29 is 14.5 Å². The van der Waals surface area contributed by atoms with Crippen molar-refractivity contribution in [3.05, 3.63) is 52.1 Å². The number of carbonyl (C=O) groups excluding carboxylic acids is 2. The third-order valence-corrected chi connectivity index (χ3v) is 6.23. The van der Waals surface area contributed by atoms with Crippen LogP contribution in [0.5, 0.6) is 0 Å². The van der Waals surface area contributed by atoms with Crippen LogP contribution in [-0.4, -0.2) is 28.0 Å². The summed E-state index contributed by atoms with van der Waals surface area (Å²) in [6.45, 7) is 0. The Balaban J connectivity index is 1.42. The largest absolute Gasteiger partial charge is 0.272 e. The number of imide groups is 1. The van der Waals surface area contributed by atoms with Crippen LogP contribution in [0.1, 0.15) is 18.4 Å². The zero-order chi connectivity index (χ0) is 17.3. The Bertz CT molecular complexity index is 852. The number of nitro benzene ring substituents is 1. The zero-order valence-electron chi connectivity index (χ0n) is 13.2. The van der Waals surface area contributed by atoms with Crippen LogP contribution in [0.2, 0.25) is 0 Å². The fraction of sp³-hybridized carbons (Fsp3) is 0.389. The Morgan fingerprint density at radius 1 is 1.16 bits per heavy atom. The van der Waals surface area contributed by atoms with Gasteiger partial charge in [0.2, 0.25) is 0 Å². The first-order valence-corrected chi connectivity index (χ1v) is 8.37. The van der Waals surface area contributed by atoms with Crippen LogP contribution >= 0.6 is 0 Å². The van der Waals surface area contributed by atoms with E-state index in [0.29, 0.717) is 5.56 Å².